The van der Waals surface area contributed by atoms with E-state index in [0.29, 0.717) is 11.3 Å². The Morgan fingerprint density at radius 3 is 2.00 bits per heavy atom. The molecule has 5 nitrogen and oxygen atoms in total. The molecular formula is C44H24N4O. The molecule has 0 amide bonds. The molecule has 0 spiro atoms. The lowest BCUT2D eigenvalue weighted by Gasteiger charge is -2.15. The van der Waals surface area contributed by atoms with Crippen LogP contribution in [0.5, 0.6) is 0 Å². The monoisotopic (exact) mass is 624 g/mol. The lowest BCUT2D eigenvalue weighted by molar-refractivity contribution is 0.672. The van der Waals surface area contributed by atoms with E-state index >= 15 is 0 Å². The van der Waals surface area contributed by atoms with E-state index in [1.54, 1.807) is 0 Å². The second-order valence-electron chi connectivity index (χ2n) is 12.3. The SMILES string of the molecule is [C-]#[N+]c1ccc(-c2cccc3c2oc2c3ccc3c4ccccc4n(-c4ccccc4)c32)c(-n2c3ccccc3c3cc(C#N)ccc32)c1. The minimum atomic E-state index is 0.546. The lowest BCUT2D eigenvalue weighted by Crippen LogP contribution is -1.97. The van der Waals surface area contributed by atoms with E-state index in [2.05, 4.69) is 111 Å². The van der Waals surface area contributed by atoms with E-state index in [1.807, 2.05) is 54.6 Å². The molecule has 0 aliphatic carbocycles. The standard InChI is InChI=1S/C44H24N4O/c1-46-28-19-20-32(41(25-28)48-39-17-8-6-13-31(39)37-24-27(26-45)18-23-40(37)48)34-14-9-15-35-36-22-21-33-30-12-5-7-16-38(30)47(29-10-3-2-4-11-29)42(33)44(36)49-43(34)35/h2-25H. The molecule has 3 heterocycles. The molecule has 226 valence electrons. The molecule has 49 heavy (non-hydrogen) atoms. The topological polar surface area (TPSA) is 51.1 Å². The Bertz CT molecular complexity index is 3070. The Labute approximate surface area is 280 Å². The molecule has 0 aliphatic heterocycles. The molecule has 0 radical (unpaired) electrons. The zero-order valence-corrected chi connectivity index (χ0v) is 26.1. The van der Waals surface area contributed by atoms with Gasteiger partial charge >= 0.3 is 0 Å². The van der Waals surface area contributed by atoms with Crippen molar-refractivity contribution >= 4 is 71.2 Å². The first-order valence-electron chi connectivity index (χ1n) is 16.1. The van der Waals surface area contributed by atoms with Gasteiger partial charge in [0.2, 0.25) is 0 Å². The van der Waals surface area contributed by atoms with Crippen LogP contribution in [0.4, 0.5) is 5.69 Å². The van der Waals surface area contributed by atoms with Gasteiger partial charge in [0.1, 0.15) is 5.58 Å². The third kappa shape index (κ3) is 3.79. The first-order valence-corrected chi connectivity index (χ1v) is 16.1. The summed E-state index contributed by atoms with van der Waals surface area (Å²) in [5, 5.41) is 16.1. The fourth-order valence-electron chi connectivity index (χ4n) is 7.67. The number of furan rings is 1. The summed E-state index contributed by atoms with van der Waals surface area (Å²) >= 11 is 0. The molecule has 7 aromatic carbocycles. The zero-order valence-electron chi connectivity index (χ0n) is 26.1. The van der Waals surface area contributed by atoms with Crippen molar-refractivity contribution in [3.63, 3.8) is 0 Å². The molecule has 0 atom stereocenters. The van der Waals surface area contributed by atoms with Gasteiger partial charge in [0.15, 0.2) is 11.3 Å². The third-order valence-corrected chi connectivity index (χ3v) is 9.76. The summed E-state index contributed by atoms with van der Waals surface area (Å²) in [6.45, 7) is 7.90. The Morgan fingerprint density at radius 2 is 1.20 bits per heavy atom. The first kappa shape index (κ1) is 27.1. The van der Waals surface area contributed by atoms with Crippen molar-refractivity contribution in [2.75, 3.05) is 0 Å². The number of benzene rings is 7. The number of aromatic nitrogens is 2. The third-order valence-electron chi connectivity index (χ3n) is 9.76. The van der Waals surface area contributed by atoms with Crippen molar-refractivity contribution in [2.45, 2.75) is 0 Å². The Hall–Kier alpha value is -7.08. The summed E-state index contributed by atoms with van der Waals surface area (Å²) in [4.78, 5) is 3.82. The molecule has 10 aromatic rings. The molecule has 0 saturated heterocycles. The number of nitriles is 1. The highest BCUT2D eigenvalue weighted by Gasteiger charge is 2.22. The summed E-state index contributed by atoms with van der Waals surface area (Å²) in [6.07, 6.45) is 0. The highest BCUT2D eigenvalue weighted by atomic mass is 16.3. The van der Waals surface area contributed by atoms with Crippen LogP contribution in [0.1, 0.15) is 5.56 Å². The van der Waals surface area contributed by atoms with Crippen LogP contribution in [0.2, 0.25) is 0 Å². The van der Waals surface area contributed by atoms with Gasteiger partial charge in [-0.1, -0.05) is 91.0 Å². The number of hydrogen-bond acceptors (Lipinski definition) is 2. The summed E-state index contributed by atoms with van der Waals surface area (Å²) in [5.41, 5.74) is 10.7. The van der Waals surface area contributed by atoms with Crippen LogP contribution in [0.3, 0.4) is 0 Å². The molecule has 0 N–H and O–H groups in total. The fourth-order valence-corrected chi connectivity index (χ4v) is 7.67. The van der Waals surface area contributed by atoms with Gasteiger partial charge in [0, 0.05) is 54.8 Å². The van der Waals surface area contributed by atoms with Crippen LogP contribution in [0.15, 0.2) is 150 Å². The molecule has 0 unspecified atom stereocenters. The number of nitrogens with zero attached hydrogens (tertiary/aromatic N) is 4. The smallest absolute Gasteiger partial charge is 0.189 e. The molecule has 10 rings (SSSR count). The Morgan fingerprint density at radius 1 is 0.531 bits per heavy atom. The van der Waals surface area contributed by atoms with Gasteiger partial charge in [-0.2, -0.15) is 5.26 Å². The van der Waals surface area contributed by atoms with E-state index in [0.717, 1.165) is 82.7 Å². The van der Waals surface area contributed by atoms with Crippen LogP contribution in [-0.2, 0) is 0 Å². The fraction of sp³-hybridized carbons (Fsp3) is 0. The highest BCUT2D eigenvalue weighted by Crippen LogP contribution is 2.45. The average molecular weight is 625 g/mol. The van der Waals surface area contributed by atoms with Gasteiger partial charge < -0.3 is 13.6 Å². The number of rotatable bonds is 3. The van der Waals surface area contributed by atoms with E-state index in [1.165, 1.54) is 5.39 Å². The van der Waals surface area contributed by atoms with Gasteiger partial charge in [-0.05, 0) is 54.6 Å². The summed E-state index contributed by atoms with van der Waals surface area (Å²) in [6, 6.07) is 51.8. The normalized spacial score (nSPS) is 11.6. The number of hydrogen-bond donors (Lipinski definition) is 0. The van der Waals surface area contributed by atoms with E-state index in [4.69, 9.17) is 11.0 Å². The van der Waals surface area contributed by atoms with Gasteiger partial charge in [-0.15, -0.1) is 0 Å². The van der Waals surface area contributed by atoms with Gasteiger partial charge in [0.25, 0.3) is 0 Å². The van der Waals surface area contributed by atoms with Crippen molar-refractivity contribution < 1.29 is 4.42 Å². The Balaban J connectivity index is 1.31. The summed E-state index contributed by atoms with van der Waals surface area (Å²) < 4.78 is 11.6. The molecule has 0 fully saturated rings. The van der Waals surface area contributed by atoms with Gasteiger partial charge in [0.05, 0.1) is 40.3 Å². The lowest BCUT2D eigenvalue weighted by atomic mass is 9.99. The molecular weight excluding hydrogens is 601 g/mol. The quantitative estimate of drug-likeness (QED) is 0.184. The maximum absolute atomic E-state index is 9.70. The zero-order chi connectivity index (χ0) is 32.6. The second kappa shape index (κ2) is 10.2. The van der Waals surface area contributed by atoms with Crippen molar-refractivity contribution in [1.29, 1.82) is 5.26 Å². The average Bonchev–Trinajstić information content (AvgIpc) is 3.82. The predicted octanol–water partition coefficient (Wildman–Crippen LogP) is 11.9. The van der Waals surface area contributed by atoms with E-state index in [-0.39, 0.29) is 0 Å². The van der Waals surface area contributed by atoms with E-state index in [9.17, 15) is 5.26 Å². The van der Waals surface area contributed by atoms with Gasteiger partial charge in [-0.3, -0.25) is 0 Å². The van der Waals surface area contributed by atoms with Crippen LogP contribution in [-0.4, -0.2) is 9.13 Å². The Kier molecular flexibility index (Phi) is 5.64. The minimum Gasteiger partial charge on any atom is -0.453 e. The van der Waals surface area contributed by atoms with Crippen molar-refractivity contribution in [1.82, 2.24) is 9.13 Å². The van der Waals surface area contributed by atoms with Crippen LogP contribution < -0.4 is 0 Å². The van der Waals surface area contributed by atoms with Crippen LogP contribution in [0, 0.1) is 17.9 Å². The van der Waals surface area contributed by atoms with E-state index < -0.39 is 0 Å². The van der Waals surface area contributed by atoms with Crippen molar-refractivity contribution in [3.8, 4) is 28.6 Å². The van der Waals surface area contributed by atoms with Gasteiger partial charge in [-0.25, -0.2) is 4.85 Å². The molecule has 0 saturated carbocycles. The minimum absolute atomic E-state index is 0.546. The summed E-state index contributed by atoms with van der Waals surface area (Å²) in [7, 11) is 0. The van der Waals surface area contributed by atoms with Crippen molar-refractivity contribution in [2.24, 2.45) is 0 Å². The predicted molar refractivity (Wildman–Crippen MR) is 199 cm³/mol. The van der Waals surface area contributed by atoms with Crippen LogP contribution in [0.25, 0.3) is 92.9 Å². The number of fused-ring (bicyclic) bond motifs is 10. The first-order chi connectivity index (χ1) is 24.2. The molecule has 3 aromatic heterocycles. The second-order valence-corrected chi connectivity index (χ2v) is 12.3. The maximum atomic E-state index is 9.70. The largest absolute Gasteiger partial charge is 0.453 e. The maximum Gasteiger partial charge on any atom is 0.189 e. The molecule has 0 bridgehead atoms. The van der Waals surface area contributed by atoms with Crippen molar-refractivity contribution in [3.05, 3.63) is 163 Å². The highest BCUT2D eigenvalue weighted by molar-refractivity contribution is 6.22. The van der Waals surface area contributed by atoms with Crippen LogP contribution >= 0.6 is 0 Å². The molecule has 0 aliphatic rings. The molecule has 5 heteroatoms. The number of para-hydroxylation sites is 4. The summed E-state index contributed by atoms with van der Waals surface area (Å²) in [5.74, 6) is 0.